The molecular weight excluding hydrogens is 1140 g/mol. The number of nitrogens with zero attached hydrogens (tertiary/aromatic N) is 1. The number of alkyl carbamates (subject to hydrolysis) is 1. The summed E-state index contributed by atoms with van der Waals surface area (Å²) in [5, 5.41) is 38.5. The average Bonchev–Trinajstić information content (AvgIpc) is 2.26. The highest BCUT2D eigenvalue weighted by Crippen LogP contribution is 2.38. The maximum atomic E-state index is 14.7. The first kappa shape index (κ1) is 76.4. The van der Waals surface area contributed by atoms with Crippen molar-refractivity contribution >= 4 is 29.5 Å². The number of ketones is 2. The van der Waals surface area contributed by atoms with Crippen LogP contribution in [0.4, 0.5) is 4.79 Å². The summed E-state index contributed by atoms with van der Waals surface area (Å²) in [5.41, 5.74) is 1.29. The highest BCUT2D eigenvalue weighted by Gasteiger charge is 2.53. The van der Waals surface area contributed by atoms with Gasteiger partial charge in [0.05, 0.1) is 97.1 Å². The van der Waals surface area contributed by atoms with Crippen LogP contribution in [-0.4, -0.2) is 224 Å². The predicted octanol–water partition coefficient (Wildman–Crippen LogP) is 6.83. The molecule has 0 radical (unpaired) electrons. The minimum Gasteiger partial charge on any atom is -0.460 e. The van der Waals surface area contributed by atoms with Crippen LogP contribution in [0, 0.1) is 35.5 Å². The van der Waals surface area contributed by atoms with E-state index in [0.29, 0.717) is 142 Å². The minimum absolute atomic E-state index is 0.00434. The number of Topliss-reactive ketones (excluding diaryl/α,β-unsaturated/α-hetero) is 2. The van der Waals surface area contributed by atoms with Crippen molar-refractivity contribution in [1.29, 1.82) is 0 Å². The SMILES string of the molecule is CCOCCOCCOCCOCCOCCOCCNC(=O)OC1CCC(C[C@@H](C)[C@@H]2C[C@@H](O)[C@H](C)/C=C(\C)[C@@H](O)[C@@H](OC)C(=O)[C@H](C)C[C@H](C)/C=C/C=C/C=C(\C)[C@@H](OC)C[C@@H]3CC[C@@H](C)[C@@](O)(O3)C(=O)C(=O)N3CCCC[C@H]3C(=O)O2)C[C@H]1OC. The Balaban J connectivity index is 1.43. The molecule has 1 saturated carbocycles. The molecule has 4 N–H and O–H groups in total. The Morgan fingerprint density at radius 1 is 0.727 bits per heavy atom. The van der Waals surface area contributed by atoms with E-state index in [1.165, 1.54) is 12.0 Å². The Labute approximate surface area is 524 Å². The van der Waals surface area contributed by atoms with Crippen molar-refractivity contribution in [3.05, 3.63) is 47.6 Å². The molecule has 504 valence electrons. The van der Waals surface area contributed by atoms with Crippen LogP contribution in [0.15, 0.2) is 47.6 Å². The summed E-state index contributed by atoms with van der Waals surface area (Å²) >= 11 is 0. The summed E-state index contributed by atoms with van der Waals surface area (Å²) in [7, 11) is 4.53. The summed E-state index contributed by atoms with van der Waals surface area (Å²) in [6, 6.07) is -1.17. The van der Waals surface area contributed by atoms with Gasteiger partial charge in [0, 0.05) is 71.6 Å². The van der Waals surface area contributed by atoms with E-state index < -0.39 is 102 Å². The monoisotopic (exact) mass is 1250 g/mol. The number of carbonyl (C=O) groups is 5. The van der Waals surface area contributed by atoms with Crippen molar-refractivity contribution in [3.8, 4) is 0 Å². The number of aliphatic hydroxyl groups is 3. The molecule has 3 heterocycles. The molecule has 0 aromatic rings. The topological polar surface area (TPSA) is 272 Å². The van der Waals surface area contributed by atoms with Crippen LogP contribution in [0.1, 0.15) is 132 Å². The molecule has 0 aromatic heterocycles. The average molecular weight is 1250 g/mol. The number of ether oxygens (including phenoxy) is 12. The lowest BCUT2D eigenvalue weighted by molar-refractivity contribution is -0.265. The summed E-state index contributed by atoms with van der Waals surface area (Å²) in [6.07, 6.45) is 9.28. The smallest absolute Gasteiger partial charge is 0.407 e. The van der Waals surface area contributed by atoms with E-state index in [4.69, 9.17) is 56.8 Å². The third-order valence-electron chi connectivity index (χ3n) is 17.5. The van der Waals surface area contributed by atoms with Crippen LogP contribution in [0.5, 0.6) is 0 Å². The second-order valence-electron chi connectivity index (χ2n) is 24.4. The van der Waals surface area contributed by atoms with Crippen molar-refractivity contribution in [2.45, 2.75) is 193 Å². The van der Waals surface area contributed by atoms with Gasteiger partial charge in [0.25, 0.3) is 11.7 Å². The third kappa shape index (κ3) is 25.6. The molecule has 3 fully saturated rings. The lowest BCUT2D eigenvalue weighted by Gasteiger charge is -2.43. The predicted molar refractivity (Wildman–Crippen MR) is 329 cm³/mol. The van der Waals surface area contributed by atoms with Crippen molar-refractivity contribution in [2.24, 2.45) is 35.5 Å². The van der Waals surface area contributed by atoms with Crippen LogP contribution in [0.2, 0.25) is 0 Å². The molecule has 88 heavy (non-hydrogen) atoms. The number of carbonyl (C=O) groups excluding carboxylic acids is 5. The molecule has 4 rings (SSSR count). The number of piperidine rings is 1. The summed E-state index contributed by atoms with van der Waals surface area (Å²) < 4.78 is 68.7. The lowest BCUT2D eigenvalue weighted by atomic mass is 9.78. The zero-order chi connectivity index (χ0) is 64.6. The molecular formula is C66H110N2O20. The second kappa shape index (κ2) is 41.5. The molecule has 2 amide bonds. The number of aliphatic hydroxyl groups excluding tert-OH is 2. The number of hydrogen-bond donors (Lipinski definition) is 4. The Morgan fingerprint density at radius 3 is 1.98 bits per heavy atom. The number of esters is 1. The van der Waals surface area contributed by atoms with Gasteiger partial charge in [-0.25, -0.2) is 9.59 Å². The van der Waals surface area contributed by atoms with E-state index in [9.17, 15) is 39.3 Å². The molecule has 2 unspecified atom stereocenters. The van der Waals surface area contributed by atoms with Crippen LogP contribution in [-0.2, 0) is 76.0 Å². The van der Waals surface area contributed by atoms with Gasteiger partial charge in [-0.1, -0.05) is 71.1 Å². The zero-order valence-corrected chi connectivity index (χ0v) is 54.7. The number of amides is 2. The normalized spacial score (nSPS) is 33.7. The van der Waals surface area contributed by atoms with E-state index in [1.54, 1.807) is 41.1 Å². The Bertz CT molecular complexity index is 2190. The fraction of sp³-hybridized carbons (Fsp3) is 0.803. The first-order valence-electron chi connectivity index (χ1n) is 32.2. The molecule has 2 saturated heterocycles. The highest BCUT2D eigenvalue weighted by atomic mass is 16.6. The first-order chi connectivity index (χ1) is 42.2. The fourth-order valence-electron chi connectivity index (χ4n) is 12.0. The van der Waals surface area contributed by atoms with Gasteiger partial charge in [0.15, 0.2) is 5.78 Å². The van der Waals surface area contributed by atoms with Gasteiger partial charge in [0.1, 0.15) is 30.5 Å². The Morgan fingerprint density at radius 2 is 1.36 bits per heavy atom. The summed E-state index contributed by atoms with van der Waals surface area (Å²) in [4.78, 5) is 71.6. The van der Waals surface area contributed by atoms with Gasteiger partial charge in [0.2, 0.25) is 5.79 Å². The number of cyclic esters (lactones) is 1. The van der Waals surface area contributed by atoms with E-state index >= 15 is 0 Å². The molecule has 16 atom stereocenters. The van der Waals surface area contributed by atoms with Gasteiger partial charge in [-0.2, -0.15) is 0 Å². The van der Waals surface area contributed by atoms with Gasteiger partial charge in [-0.05, 0) is 114 Å². The quantitative estimate of drug-likeness (QED) is 0.0299. The number of nitrogens with one attached hydrogen (secondary N) is 1. The van der Waals surface area contributed by atoms with Crippen molar-refractivity contribution in [3.63, 3.8) is 0 Å². The first-order valence-corrected chi connectivity index (χ1v) is 32.2. The zero-order valence-electron chi connectivity index (χ0n) is 54.7. The fourth-order valence-corrected chi connectivity index (χ4v) is 12.0. The number of rotatable bonds is 26. The standard InChI is InChI=1S/C66H110N2O20/c1-12-80-28-29-82-32-33-84-36-37-85-35-34-83-31-30-81-27-25-67-65(75)87-55-24-22-51(41-58(55)78-10)40-47(5)57-43-54(69)46(4)39-49(7)60(71)61(79-11)59(70)48(6)38-44(2)18-14-13-15-19-45(3)56(77-9)42-52-23-21-50(8)66(76,88-52)62(72)63(73)68-26-17-16-20-53(68)64(74)86-57/h13-15,18-19,39,44,46-48,50-58,60-61,69,71,76H,12,16-17,20-38,40-43H2,1-11H3,(H,67,75)/b15-13+,18-14+,45-19+,49-39+/t44-,46-,47-,48-,50-,51?,52+,53+,54-,55?,56+,57+,58-,60-,61+,66-/m1/s1. The van der Waals surface area contributed by atoms with E-state index in [-0.39, 0.29) is 56.1 Å². The lowest BCUT2D eigenvalue weighted by Crippen LogP contribution is -2.61. The van der Waals surface area contributed by atoms with Crippen LogP contribution < -0.4 is 5.32 Å². The molecule has 2 bridgehead atoms. The summed E-state index contributed by atoms with van der Waals surface area (Å²) in [6.45, 7) is 20.5. The van der Waals surface area contributed by atoms with Gasteiger partial charge in [-0.15, -0.1) is 0 Å². The van der Waals surface area contributed by atoms with E-state index in [0.717, 1.165) is 5.57 Å². The van der Waals surface area contributed by atoms with E-state index in [2.05, 4.69) is 5.32 Å². The van der Waals surface area contributed by atoms with Gasteiger partial charge >= 0.3 is 12.1 Å². The minimum atomic E-state index is -2.46. The second-order valence-corrected chi connectivity index (χ2v) is 24.4. The summed E-state index contributed by atoms with van der Waals surface area (Å²) in [5.74, 6) is -7.77. The maximum Gasteiger partial charge on any atom is 0.407 e. The molecule has 22 nitrogen and oxygen atoms in total. The van der Waals surface area contributed by atoms with Crippen LogP contribution in [0.25, 0.3) is 0 Å². The Kier molecular flexibility index (Phi) is 36.0. The van der Waals surface area contributed by atoms with E-state index in [1.807, 2.05) is 65.0 Å². The Hall–Kier alpha value is -4.01. The molecule has 1 aliphatic carbocycles. The number of allylic oxidation sites excluding steroid dienone is 5. The molecule has 0 aromatic carbocycles. The van der Waals surface area contributed by atoms with Crippen molar-refractivity contribution in [1.82, 2.24) is 10.2 Å². The molecule has 4 aliphatic rings. The van der Waals surface area contributed by atoms with Crippen LogP contribution in [0.3, 0.4) is 0 Å². The third-order valence-corrected chi connectivity index (χ3v) is 17.5. The van der Waals surface area contributed by atoms with Crippen LogP contribution >= 0.6 is 0 Å². The maximum absolute atomic E-state index is 14.7. The van der Waals surface area contributed by atoms with Crippen molar-refractivity contribution in [2.75, 3.05) is 114 Å². The number of hydrogen-bond acceptors (Lipinski definition) is 20. The van der Waals surface area contributed by atoms with Gasteiger partial charge < -0.3 is 82.4 Å². The number of methoxy groups -OCH3 is 3. The molecule has 3 aliphatic heterocycles. The van der Waals surface area contributed by atoms with Crippen molar-refractivity contribution < 1.29 is 96.1 Å². The van der Waals surface area contributed by atoms with Gasteiger partial charge in [-0.3, -0.25) is 14.4 Å². The molecule has 0 spiro atoms. The number of fused-ring (bicyclic) bond motifs is 3. The highest BCUT2D eigenvalue weighted by molar-refractivity contribution is 6.39. The largest absolute Gasteiger partial charge is 0.460 e. The molecule has 22 heteroatoms.